The molecule has 1 fully saturated rings. The van der Waals surface area contributed by atoms with Crippen molar-refractivity contribution in [2.45, 2.75) is 25.7 Å². The fraction of sp³-hybridized carbons (Fsp3) is 0.333. The average Bonchev–Trinajstić information content (AvgIpc) is 3.12. The summed E-state index contributed by atoms with van der Waals surface area (Å²) in [6, 6.07) is 13.6. The Bertz CT molecular complexity index is 1280. The normalized spacial score (nSPS) is 21.0. The van der Waals surface area contributed by atoms with Crippen molar-refractivity contribution in [3.8, 4) is 6.07 Å². The lowest BCUT2D eigenvalue weighted by Gasteiger charge is -2.36. The lowest BCUT2D eigenvalue weighted by molar-refractivity contribution is 0.105. The summed E-state index contributed by atoms with van der Waals surface area (Å²) in [6.07, 6.45) is 0.671. The summed E-state index contributed by atoms with van der Waals surface area (Å²) in [7, 11) is -2.95. The van der Waals surface area contributed by atoms with Gasteiger partial charge in [0.2, 0.25) is 0 Å². The third-order valence-electron chi connectivity index (χ3n) is 6.78. The van der Waals surface area contributed by atoms with E-state index in [0.29, 0.717) is 30.6 Å². The number of hydrogen-bond donors (Lipinski definition) is 0. The number of sulfone groups is 1. The largest absolute Gasteiger partial charge is 0.369 e. The molecule has 2 aliphatic carbocycles. The Morgan fingerprint density at radius 2 is 1.73 bits per heavy atom. The molecule has 0 amide bonds. The highest BCUT2D eigenvalue weighted by molar-refractivity contribution is 7.91. The number of ketones is 1. The minimum atomic E-state index is -2.95. The molecule has 0 unspecified atom stereocenters. The number of fused-ring (bicyclic) bond motifs is 3. The van der Waals surface area contributed by atoms with Gasteiger partial charge in [-0.05, 0) is 59.0 Å². The highest BCUT2D eigenvalue weighted by atomic mass is 32.2. The maximum Gasteiger partial charge on any atom is 0.193 e. The Kier molecular flexibility index (Phi) is 4.00. The van der Waals surface area contributed by atoms with Crippen LogP contribution in [0.1, 0.15) is 46.5 Å². The van der Waals surface area contributed by atoms with Crippen molar-refractivity contribution in [1.29, 1.82) is 5.26 Å². The SMILES string of the molecule is CC1(C)C2=C(C(=O)c3ccc(N4CCS(=O)(=O)CC4)cc31)c1ccc(C#N)cc1C2. The van der Waals surface area contributed by atoms with Crippen molar-refractivity contribution in [1.82, 2.24) is 0 Å². The first-order valence-electron chi connectivity index (χ1n) is 10.1. The molecule has 1 aliphatic heterocycles. The van der Waals surface area contributed by atoms with Gasteiger partial charge < -0.3 is 4.90 Å². The summed E-state index contributed by atoms with van der Waals surface area (Å²) in [6.45, 7) is 5.25. The maximum atomic E-state index is 13.5. The number of nitriles is 1. The Morgan fingerprint density at radius 3 is 2.43 bits per heavy atom. The first-order chi connectivity index (χ1) is 14.2. The zero-order chi connectivity index (χ0) is 21.3. The van der Waals surface area contributed by atoms with Gasteiger partial charge in [0, 0.05) is 35.3 Å². The van der Waals surface area contributed by atoms with Crippen molar-refractivity contribution < 1.29 is 13.2 Å². The zero-order valence-electron chi connectivity index (χ0n) is 17.0. The van der Waals surface area contributed by atoms with Crippen LogP contribution in [0.3, 0.4) is 0 Å². The number of benzene rings is 2. The molecule has 0 radical (unpaired) electrons. The Labute approximate surface area is 176 Å². The van der Waals surface area contributed by atoms with E-state index in [1.54, 1.807) is 6.07 Å². The second-order valence-electron chi connectivity index (χ2n) is 8.84. The summed E-state index contributed by atoms with van der Waals surface area (Å²) in [4.78, 5) is 15.6. The van der Waals surface area contributed by atoms with E-state index >= 15 is 0 Å². The molecule has 30 heavy (non-hydrogen) atoms. The molecule has 5 nitrogen and oxygen atoms in total. The fourth-order valence-electron chi connectivity index (χ4n) is 5.00. The molecule has 1 heterocycles. The number of allylic oxidation sites excluding steroid dienone is 2. The van der Waals surface area contributed by atoms with Crippen LogP contribution in [0.15, 0.2) is 42.0 Å². The molecule has 6 heteroatoms. The van der Waals surface area contributed by atoms with Gasteiger partial charge in [0.25, 0.3) is 0 Å². The van der Waals surface area contributed by atoms with Crippen LogP contribution in [-0.2, 0) is 21.7 Å². The van der Waals surface area contributed by atoms with Crippen molar-refractivity contribution >= 4 is 26.9 Å². The van der Waals surface area contributed by atoms with E-state index in [2.05, 4.69) is 30.9 Å². The number of rotatable bonds is 1. The summed E-state index contributed by atoms with van der Waals surface area (Å²) in [5.41, 5.74) is 6.81. The van der Waals surface area contributed by atoms with Gasteiger partial charge in [-0.15, -0.1) is 0 Å². The van der Waals surface area contributed by atoms with E-state index < -0.39 is 9.84 Å². The van der Waals surface area contributed by atoms with Gasteiger partial charge in [-0.3, -0.25) is 4.79 Å². The molecule has 0 spiro atoms. The molecule has 3 aliphatic rings. The van der Waals surface area contributed by atoms with E-state index in [1.165, 1.54) is 0 Å². The summed E-state index contributed by atoms with van der Waals surface area (Å²) in [5, 5.41) is 9.24. The van der Waals surface area contributed by atoms with Crippen LogP contribution in [0, 0.1) is 11.3 Å². The number of anilines is 1. The number of hydrogen-bond acceptors (Lipinski definition) is 5. The quantitative estimate of drug-likeness (QED) is 0.710. The van der Waals surface area contributed by atoms with Gasteiger partial charge >= 0.3 is 0 Å². The minimum Gasteiger partial charge on any atom is -0.369 e. The van der Waals surface area contributed by atoms with Gasteiger partial charge in [-0.1, -0.05) is 19.9 Å². The number of carbonyl (C=O) groups excluding carboxylic acids is 1. The van der Waals surface area contributed by atoms with E-state index in [1.807, 2.05) is 24.3 Å². The van der Waals surface area contributed by atoms with Gasteiger partial charge in [0.15, 0.2) is 15.6 Å². The van der Waals surface area contributed by atoms with Crippen molar-refractivity contribution in [2.75, 3.05) is 29.5 Å². The van der Waals surface area contributed by atoms with E-state index in [9.17, 15) is 18.5 Å². The molecule has 2 aromatic carbocycles. The standard InChI is InChI=1S/C24H22N2O3S/c1-24(2)20-13-17(26-7-9-30(28,29)10-8-26)4-6-19(20)23(27)22-18-5-3-15(14-25)11-16(18)12-21(22)24/h3-6,11,13H,7-10,12H2,1-2H3. The Morgan fingerprint density at radius 1 is 1.03 bits per heavy atom. The highest BCUT2D eigenvalue weighted by Gasteiger charge is 2.43. The third kappa shape index (κ3) is 2.73. The monoisotopic (exact) mass is 418 g/mol. The first-order valence-corrected chi connectivity index (χ1v) is 11.9. The highest BCUT2D eigenvalue weighted by Crippen LogP contribution is 2.50. The zero-order valence-corrected chi connectivity index (χ0v) is 17.8. The van der Waals surface area contributed by atoms with E-state index in [0.717, 1.165) is 33.5 Å². The topological polar surface area (TPSA) is 78.2 Å². The predicted octanol–water partition coefficient (Wildman–Crippen LogP) is 3.28. The fourth-order valence-corrected chi connectivity index (χ4v) is 6.20. The first kappa shape index (κ1) is 19.1. The van der Waals surface area contributed by atoms with Crippen LogP contribution in [-0.4, -0.2) is 38.8 Å². The summed E-state index contributed by atoms with van der Waals surface area (Å²) >= 11 is 0. The maximum absolute atomic E-state index is 13.5. The molecule has 1 saturated heterocycles. The molecular weight excluding hydrogens is 396 g/mol. The lowest BCUT2D eigenvalue weighted by atomic mass is 9.68. The number of carbonyl (C=O) groups is 1. The molecule has 152 valence electrons. The molecule has 0 atom stereocenters. The lowest BCUT2D eigenvalue weighted by Crippen LogP contribution is -2.40. The van der Waals surface area contributed by atoms with Crippen molar-refractivity contribution in [3.63, 3.8) is 0 Å². The van der Waals surface area contributed by atoms with Crippen molar-refractivity contribution in [2.24, 2.45) is 0 Å². The average molecular weight is 419 g/mol. The van der Waals surface area contributed by atoms with Crippen LogP contribution in [0.25, 0.3) is 5.57 Å². The third-order valence-corrected chi connectivity index (χ3v) is 8.39. The number of nitrogens with zero attached hydrogens (tertiary/aromatic N) is 2. The second kappa shape index (κ2) is 6.29. The molecule has 0 N–H and O–H groups in total. The van der Waals surface area contributed by atoms with Crippen LogP contribution in [0.2, 0.25) is 0 Å². The van der Waals surface area contributed by atoms with Crippen LogP contribution in [0.5, 0.6) is 0 Å². The Balaban J connectivity index is 1.57. The summed E-state index contributed by atoms with van der Waals surface area (Å²) in [5.74, 6) is 0.367. The van der Waals surface area contributed by atoms with Gasteiger partial charge in [0.05, 0.1) is 23.1 Å². The van der Waals surface area contributed by atoms with E-state index in [4.69, 9.17) is 0 Å². The van der Waals surface area contributed by atoms with Gasteiger partial charge in [-0.2, -0.15) is 5.26 Å². The minimum absolute atomic E-state index is 0.0376. The van der Waals surface area contributed by atoms with Crippen molar-refractivity contribution in [3.05, 3.63) is 69.8 Å². The second-order valence-corrected chi connectivity index (χ2v) is 11.1. The molecule has 0 bridgehead atoms. The van der Waals surface area contributed by atoms with Gasteiger partial charge in [-0.25, -0.2) is 8.42 Å². The van der Waals surface area contributed by atoms with Crippen LogP contribution >= 0.6 is 0 Å². The van der Waals surface area contributed by atoms with Crippen LogP contribution < -0.4 is 4.90 Å². The summed E-state index contributed by atoms with van der Waals surface area (Å²) < 4.78 is 23.6. The van der Waals surface area contributed by atoms with Gasteiger partial charge in [0.1, 0.15) is 0 Å². The molecule has 0 aromatic heterocycles. The molecule has 2 aromatic rings. The van der Waals surface area contributed by atoms with E-state index in [-0.39, 0.29) is 22.7 Å². The molecule has 5 rings (SSSR count). The smallest absolute Gasteiger partial charge is 0.193 e. The molecular formula is C24H22N2O3S. The van der Waals surface area contributed by atoms with Crippen LogP contribution in [0.4, 0.5) is 5.69 Å². The number of Topliss-reactive ketones (excluding diaryl/α,β-unsaturated/α-hetero) is 1. The predicted molar refractivity (Wildman–Crippen MR) is 116 cm³/mol. The molecule has 0 saturated carbocycles. The Hall–Kier alpha value is -2.91.